The van der Waals surface area contributed by atoms with Crippen molar-refractivity contribution in [1.29, 1.82) is 0 Å². The quantitative estimate of drug-likeness (QED) is 0.558. The van der Waals surface area contributed by atoms with Crippen molar-refractivity contribution in [2.45, 2.75) is 6.92 Å². The van der Waals surface area contributed by atoms with Crippen LogP contribution in [0.5, 0.6) is 0 Å². The van der Waals surface area contributed by atoms with Crippen LogP contribution in [0.4, 0.5) is 11.4 Å². The largest absolute Gasteiger partial charge is 0.474 e. The lowest BCUT2D eigenvalue weighted by molar-refractivity contribution is -0.147. The second kappa shape index (κ2) is 5.63. The van der Waals surface area contributed by atoms with Gasteiger partial charge in [0, 0.05) is 11.4 Å². The Morgan fingerprint density at radius 2 is 1.47 bits per heavy atom. The lowest BCUT2D eigenvalue weighted by atomic mass is 10.1. The molecule has 2 amide bonds. The maximum atomic E-state index is 11.0. The molecule has 0 fully saturated rings. The van der Waals surface area contributed by atoms with Crippen molar-refractivity contribution in [2.75, 3.05) is 10.6 Å². The van der Waals surface area contributed by atoms with E-state index in [2.05, 4.69) is 10.6 Å². The molecule has 1 aromatic carbocycles. The van der Waals surface area contributed by atoms with Gasteiger partial charge in [0.1, 0.15) is 0 Å². The molecule has 100 valence electrons. The number of aryl methyl sites for hydroxylation is 1. The maximum absolute atomic E-state index is 11.0. The van der Waals surface area contributed by atoms with Crippen LogP contribution in [0, 0.1) is 6.92 Å². The monoisotopic (exact) mass is 266 g/mol. The molecule has 0 spiro atoms. The number of nitrogens with one attached hydrogen (secondary N) is 2. The van der Waals surface area contributed by atoms with E-state index in [1.54, 1.807) is 6.92 Å². The third-order valence-electron chi connectivity index (χ3n) is 2.13. The Morgan fingerprint density at radius 3 is 2.00 bits per heavy atom. The van der Waals surface area contributed by atoms with Crippen LogP contribution in [-0.2, 0) is 19.2 Å². The highest BCUT2D eigenvalue weighted by atomic mass is 16.4. The van der Waals surface area contributed by atoms with Gasteiger partial charge >= 0.3 is 23.8 Å². The summed E-state index contributed by atoms with van der Waals surface area (Å²) in [5.74, 6) is -5.78. The molecule has 0 atom stereocenters. The summed E-state index contributed by atoms with van der Waals surface area (Å²) in [4.78, 5) is 42.7. The highest BCUT2D eigenvalue weighted by Gasteiger charge is 2.15. The summed E-state index contributed by atoms with van der Waals surface area (Å²) in [6.07, 6.45) is 0. The van der Waals surface area contributed by atoms with Crippen LogP contribution in [0.3, 0.4) is 0 Å². The zero-order valence-corrected chi connectivity index (χ0v) is 9.76. The average Bonchev–Trinajstić information content (AvgIpc) is 2.32. The van der Waals surface area contributed by atoms with Crippen molar-refractivity contribution >= 4 is 35.1 Å². The molecule has 0 aromatic heterocycles. The lowest BCUT2D eigenvalue weighted by Crippen LogP contribution is -2.23. The highest BCUT2D eigenvalue weighted by molar-refractivity contribution is 6.37. The Labute approximate surface area is 107 Å². The molecule has 1 aromatic rings. The number of benzene rings is 1. The van der Waals surface area contributed by atoms with Crippen LogP contribution in [0.1, 0.15) is 5.56 Å². The molecule has 0 bridgehead atoms. The van der Waals surface area contributed by atoms with Gasteiger partial charge in [-0.2, -0.15) is 0 Å². The summed E-state index contributed by atoms with van der Waals surface area (Å²) >= 11 is 0. The second-order valence-electron chi connectivity index (χ2n) is 3.55. The first-order valence-corrected chi connectivity index (χ1v) is 5.00. The summed E-state index contributed by atoms with van der Waals surface area (Å²) in [6.45, 7) is 1.61. The second-order valence-corrected chi connectivity index (χ2v) is 3.55. The first-order chi connectivity index (χ1) is 8.81. The van der Waals surface area contributed by atoms with Gasteiger partial charge in [-0.05, 0) is 24.6 Å². The van der Waals surface area contributed by atoms with Gasteiger partial charge in [0.2, 0.25) is 0 Å². The van der Waals surface area contributed by atoms with Crippen molar-refractivity contribution in [1.82, 2.24) is 0 Å². The minimum atomic E-state index is -1.66. The van der Waals surface area contributed by atoms with Crippen molar-refractivity contribution in [3.05, 3.63) is 23.8 Å². The predicted molar refractivity (Wildman–Crippen MR) is 63.7 cm³/mol. The fourth-order valence-corrected chi connectivity index (χ4v) is 1.19. The average molecular weight is 266 g/mol. The van der Waals surface area contributed by atoms with Gasteiger partial charge in [-0.3, -0.25) is 9.59 Å². The Kier molecular flexibility index (Phi) is 4.19. The van der Waals surface area contributed by atoms with Crippen LogP contribution in [0.25, 0.3) is 0 Å². The minimum Gasteiger partial charge on any atom is -0.474 e. The number of rotatable bonds is 2. The van der Waals surface area contributed by atoms with Gasteiger partial charge in [0.05, 0.1) is 0 Å². The van der Waals surface area contributed by atoms with Crippen LogP contribution < -0.4 is 10.6 Å². The molecule has 0 aliphatic carbocycles. The number of anilines is 2. The van der Waals surface area contributed by atoms with E-state index in [0.717, 1.165) is 0 Å². The van der Waals surface area contributed by atoms with E-state index < -0.39 is 23.8 Å². The number of aliphatic carboxylic acids is 2. The summed E-state index contributed by atoms with van der Waals surface area (Å²) in [7, 11) is 0. The zero-order chi connectivity index (χ0) is 14.6. The predicted octanol–water partition coefficient (Wildman–Crippen LogP) is 0.0412. The fourth-order valence-electron chi connectivity index (χ4n) is 1.19. The third kappa shape index (κ3) is 3.80. The van der Waals surface area contributed by atoms with E-state index in [1.165, 1.54) is 18.2 Å². The number of carboxylic acid groups (broad SMARTS) is 2. The number of hydrogen-bond donors (Lipinski definition) is 4. The van der Waals surface area contributed by atoms with Gasteiger partial charge in [-0.25, -0.2) is 9.59 Å². The number of carbonyl (C=O) groups excluding carboxylic acids is 2. The Bertz CT molecular complexity index is 566. The Hall–Kier alpha value is -2.90. The minimum absolute atomic E-state index is 0.124. The van der Waals surface area contributed by atoms with E-state index in [-0.39, 0.29) is 11.4 Å². The van der Waals surface area contributed by atoms with E-state index in [1.807, 2.05) is 0 Å². The highest BCUT2D eigenvalue weighted by Crippen LogP contribution is 2.20. The van der Waals surface area contributed by atoms with E-state index in [4.69, 9.17) is 10.2 Å². The normalized spacial score (nSPS) is 9.53. The molecular weight excluding hydrogens is 256 g/mol. The molecule has 1 rings (SSSR count). The van der Waals surface area contributed by atoms with Crippen molar-refractivity contribution < 1.29 is 29.4 Å². The fraction of sp³-hybridized carbons (Fsp3) is 0.0909. The molecule has 0 heterocycles. The Morgan fingerprint density at radius 1 is 0.947 bits per heavy atom. The molecule has 0 aliphatic heterocycles. The zero-order valence-electron chi connectivity index (χ0n) is 9.76. The van der Waals surface area contributed by atoms with Gasteiger partial charge in [-0.15, -0.1) is 0 Å². The van der Waals surface area contributed by atoms with Gasteiger partial charge in [-0.1, -0.05) is 6.07 Å². The molecule has 8 nitrogen and oxygen atoms in total. The van der Waals surface area contributed by atoms with E-state index >= 15 is 0 Å². The maximum Gasteiger partial charge on any atom is 0.394 e. The number of amides is 2. The summed E-state index contributed by atoms with van der Waals surface area (Å²) in [5, 5.41) is 21.1. The van der Waals surface area contributed by atoms with E-state index in [9.17, 15) is 19.2 Å². The van der Waals surface area contributed by atoms with Gasteiger partial charge in [0.25, 0.3) is 0 Å². The SMILES string of the molecule is Cc1ccc(NC(=O)C(=O)O)cc1NC(=O)C(=O)O. The molecule has 0 saturated heterocycles. The molecule has 19 heavy (non-hydrogen) atoms. The van der Waals surface area contributed by atoms with Gasteiger partial charge < -0.3 is 20.8 Å². The van der Waals surface area contributed by atoms with Crippen molar-refractivity contribution in [2.24, 2.45) is 0 Å². The standard InChI is InChI=1S/C11H10N2O6/c1-5-2-3-6(12-8(14)10(16)17)4-7(5)13-9(15)11(18)19/h2-4H,1H3,(H,12,14)(H,13,15)(H,16,17)(H,18,19). The summed E-state index contributed by atoms with van der Waals surface area (Å²) < 4.78 is 0. The molecule has 0 unspecified atom stereocenters. The number of carboxylic acids is 2. The lowest BCUT2D eigenvalue weighted by Gasteiger charge is -2.09. The van der Waals surface area contributed by atoms with Gasteiger partial charge in [0.15, 0.2) is 0 Å². The number of carbonyl (C=O) groups is 4. The first kappa shape index (κ1) is 14.2. The molecule has 0 radical (unpaired) electrons. The van der Waals surface area contributed by atoms with Crippen LogP contribution in [0.15, 0.2) is 18.2 Å². The van der Waals surface area contributed by atoms with E-state index in [0.29, 0.717) is 5.56 Å². The molecule has 0 saturated carbocycles. The van der Waals surface area contributed by atoms with Crippen molar-refractivity contribution in [3.8, 4) is 0 Å². The Balaban J connectivity index is 2.94. The first-order valence-electron chi connectivity index (χ1n) is 5.00. The summed E-state index contributed by atoms with van der Waals surface area (Å²) in [5.41, 5.74) is 0.845. The third-order valence-corrected chi connectivity index (χ3v) is 2.13. The molecule has 8 heteroatoms. The summed E-state index contributed by atoms with van der Waals surface area (Å²) in [6, 6.07) is 4.18. The molecule has 0 aliphatic rings. The van der Waals surface area contributed by atoms with Crippen LogP contribution in [-0.4, -0.2) is 34.0 Å². The number of hydrogen-bond acceptors (Lipinski definition) is 4. The molecular formula is C11H10N2O6. The van der Waals surface area contributed by atoms with Crippen LogP contribution in [0.2, 0.25) is 0 Å². The van der Waals surface area contributed by atoms with Crippen LogP contribution >= 0.6 is 0 Å². The molecule has 4 N–H and O–H groups in total. The topological polar surface area (TPSA) is 133 Å². The van der Waals surface area contributed by atoms with Crippen molar-refractivity contribution in [3.63, 3.8) is 0 Å². The smallest absolute Gasteiger partial charge is 0.394 e.